The van der Waals surface area contributed by atoms with E-state index in [2.05, 4.69) is 20.5 Å². The number of benzene rings is 2. The molecule has 3 aromatic heterocycles. The molecular weight excluding hydrogens is 569 g/mol. The Morgan fingerprint density at radius 2 is 1.95 bits per heavy atom. The lowest BCUT2D eigenvalue weighted by atomic mass is 9.97. The van der Waals surface area contributed by atoms with E-state index in [0.29, 0.717) is 44.3 Å². The van der Waals surface area contributed by atoms with Crippen molar-refractivity contribution >= 4 is 33.9 Å². The number of hydrogen-bond donors (Lipinski definition) is 0. The van der Waals surface area contributed by atoms with Crippen molar-refractivity contribution in [1.82, 2.24) is 24.7 Å². The molecule has 1 aliphatic carbocycles. The number of rotatable bonds is 5. The molecule has 3 aliphatic rings. The van der Waals surface area contributed by atoms with E-state index in [9.17, 15) is 13.6 Å². The third-order valence-corrected chi connectivity index (χ3v) is 8.68. The average Bonchev–Trinajstić information content (AvgIpc) is 3.30. The molecule has 210 valence electrons. The Bertz CT molecular complexity index is 2080. The Hall–Kier alpha value is -4.51. The van der Waals surface area contributed by atoms with Gasteiger partial charge in [-0.05, 0) is 66.8 Å². The fourth-order valence-corrected chi connectivity index (χ4v) is 6.57. The highest BCUT2D eigenvalue weighted by Gasteiger charge is 2.55. The Morgan fingerprint density at radius 3 is 2.76 bits per heavy atom. The molecule has 0 N–H and O–H groups in total. The summed E-state index contributed by atoms with van der Waals surface area (Å²) < 4.78 is 50.0. The van der Waals surface area contributed by atoms with E-state index in [0.717, 1.165) is 29.4 Å². The summed E-state index contributed by atoms with van der Waals surface area (Å²) >= 11 is 6.31. The smallest absolute Gasteiger partial charge is 0.283 e. The molecule has 0 radical (unpaired) electrons. The summed E-state index contributed by atoms with van der Waals surface area (Å²) in [4.78, 5) is 18.0. The van der Waals surface area contributed by atoms with Gasteiger partial charge in [-0.25, -0.2) is 18.5 Å². The molecule has 3 atom stereocenters. The first-order valence-electron chi connectivity index (χ1n) is 13.4. The highest BCUT2D eigenvalue weighted by atomic mass is 35.5. The van der Waals surface area contributed by atoms with Crippen LogP contribution in [0.15, 0.2) is 75.0 Å². The van der Waals surface area contributed by atoms with E-state index < -0.39 is 18.1 Å². The molecule has 42 heavy (non-hydrogen) atoms. The van der Waals surface area contributed by atoms with Gasteiger partial charge in [-0.2, -0.15) is 4.39 Å². The van der Waals surface area contributed by atoms with Crippen LogP contribution in [0.5, 0.6) is 0 Å². The van der Waals surface area contributed by atoms with E-state index >= 15 is 4.39 Å². The molecule has 8 rings (SSSR count). The van der Waals surface area contributed by atoms with Crippen LogP contribution in [-0.4, -0.2) is 30.4 Å². The van der Waals surface area contributed by atoms with Crippen molar-refractivity contribution in [3.05, 3.63) is 98.7 Å². The zero-order valence-corrected chi connectivity index (χ0v) is 22.7. The molecule has 8 nitrogen and oxygen atoms in total. The maximum atomic E-state index is 15.3. The monoisotopic (exact) mass is 588 g/mol. The van der Waals surface area contributed by atoms with Gasteiger partial charge >= 0.3 is 0 Å². The molecule has 2 aliphatic heterocycles. The van der Waals surface area contributed by atoms with Crippen LogP contribution in [0.3, 0.4) is 0 Å². The van der Waals surface area contributed by atoms with Gasteiger partial charge in [-0.3, -0.25) is 4.79 Å². The van der Waals surface area contributed by atoms with Gasteiger partial charge in [-0.1, -0.05) is 28.0 Å². The topological polar surface area (TPSA) is 91.1 Å². The SMILES string of the molecule is Cc1noc2cc(C3=C(F)N=C(C4C5CC5c5cc(-c6cc(Cl)ccc6-n6cc(C(F)F)nn6)cc(=O)n54)C3)ccc12. The zero-order chi connectivity index (χ0) is 28.9. The number of hydrogen-bond acceptors (Lipinski definition) is 6. The van der Waals surface area contributed by atoms with Crippen LogP contribution in [-0.2, 0) is 0 Å². The second-order valence-corrected chi connectivity index (χ2v) is 11.3. The molecule has 1 fully saturated rings. The van der Waals surface area contributed by atoms with Gasteiger partial charge in [0.25, 0.3) is 12.0 Å². The van der Waals surface area contributed by atoms with E-state index in [1.54, 1.807) is 28.8 Å². The van der Waals surface area contributed by atoms with Crippen molar-refractivity contribution in [3.8, 4) is 16.8 Å². The molecule has 0 amide bonds. The van der Waals surface area contributed by atoms with E-state index in [1.165, 1.54) is 10.7 Å². The van der Waals surface area contributed by atoms with Gasteiger partial charge in [0, 0.05) is 51.4 Å². The summed E-state index contributed by atoms with van der Waals surface area (Å²) in [7, 11) is 0. The van der Waals surface area contributed by atoms with Crippen LogP contribution in [0.25, 0.3) is 33.4 Å². The summed E-state index contributed by atoms with van der Waals surface area (Å²) in [5.74, 6) is -0.290. The predicted molar refractivity (Wildman–Crippen MR) is 150 cm³/mol. The molecule has 1 saturated carbocycles. The highest BCUT2D eigenvalue weighted by molar-refractivity contribution is 6.31. The average molecular weight is 589 g/mol. The lowest BCUT2D eigenvalue weighted by Gasteiger charge is -2.20. The molecule has 0 saturated heterocycles. The number of nitrogens with zero attached hydrogens (tertiary/aromatic N) is 6. The van der Waals surface area contributed by atoms with E-state index in [4.69, 9.17) is 16.1 Å². The van der Waals surface area contributed by atoms with Crippen LogP contribution >= 0.6 is 11.6 Å². The van der Waals surface area contributed by atoms with Crippen LogP contribution in [0.4, 0.5) is 13.2 Å². The molecule has 5 heterocycles. The van der Waals surface area contributed by atoms with Gasteiger partial charge in [0.1, 0.15) is 5.69 Å². The second-order valence-electron chi connectivity index (χ2n) is 10.9. The first kappa shape index (κ1) is 25.2. The number of alkyl halides is 2. The summed E-state index contributed by atoms with van der Waals surface area (Å²) in [5, 5.41) is 12.7. The third kappa shape index (κ3) is 3.79. The number of aryl methyl sites for hydroxylation is 1. The standard InChI is InChI=1S/C30H20ClF3N6O2/c1-13-17-4-2-14(7-26(17)42-37-13)19-11-22(35-30(19)34)28-21-10-20(21)25-6-15(8-27(41)40(25)28)18-9-16(31)3-5-24(18)39-12-23(29(32)33)36-38-39/h2-9,12,20-21,28-29H,10-11H2,1H3. The fourth-order valence-electron chi connectivity index (χ4n) is 6.39. The van der Waals surface area contributed by atoms with Crippen molar-refractivity contribution in [2.24, 2.45) is 10.9 Å². The summed E-state index contributed by atoms with van der Waals surface area (Å²) in [5.41, 5.74) is 4.79. The predicted octanol–water partition coefficient (Wildman–Crippen LogP) is 6.98. The van der Waals surface area contributed by atoms with Gasteiger partial charge in [0.2, 0.25) is 5.95 Å². The van der Waals surface area contributed by atoms with Crippen LogP contribution in [0.1, 0.15) is 53.9 Å². The molecular formula is C30H20ClF3N6O2. The van der Waals surface area contributed by atoms with Crippen molar-refractivity contribution in [2.45, 2.75) is 38.2 Å². The molecule has 12 heteroatoms. The van der Waals surface area contributed by atoms with Crippen molar-refractivity contribution in [1.29, 1.82) is 0 Å². The molecule has 5 aromatic rings. The van der Waals surface area contributed by atoms with Gasteiger partial charge in [0.05, 0.1) is 23.6 Å². The molecule has 0 bridgehead atoms. The number of aliphatic imine (C=N–C) groups is 1. The maximum Gasteiger partial charge on any atom is 0.283 e. The van der Waals surface area contributed by atoms with Crippen LogP contribution < -0.4 is 5.56 Å². The van der Waals surface area contributed by atoms with Crippen LogP contribution in [0, 0.1) is 12.8 Å². The number of aromatic nitrogens is 5. The van der Waals surface area contributed by atoms with Gasteiger partial charge in [0.15, 0.2) is 5.58 Å². The number of pyridine rings is 1. The Labute approximate surface area is 240 Å². The minimum Gasteiger partial charge on any atom is -0.356 e. The fraction of sp³-hybridized carbons (Fsp3) is 0.233. The van der Waals surface area contributed by atoms with Crippen molar-refractivity contribution < 1.29 is 17.7 Å². The Morgan fingerprint density at radius 1 is 1.10 bits per heavy atom. The number of allylic oxidation sites excluding steroid dienone is 1. The summed E-state index contributed by atoms with van der Waals surface area (Å²) in [6, 6.07) is 13.5. The van der Waals surface area contributed by atoms with Crippen LogP contribution in [0.2, 0.25) is 5.02 Å². The van der Waals surface area contributed by atoms with Gasteiger partial charge < -0.3 is 9.09 Å². The van der Waals surface area contributed by atoms with Gasteiger partial charge in [-0.15, -0.1) is 5.10 Å². The molecule has 2 aromatic carbocycles. The van der Waals surface area contributed by atoms with E-state index in [-0.39, 0.29) is 29.9 Å². The highest BCUT2D eigenvalue weighted by Crippen LogP contribution is 2.60. The van der Waals surface area contributed by atoms with Crippen molar-refractivity contribution in [2.75, 3.05) is 0 Å². The second kappa shape index (κ2) is 8.99. The quantitative estimate of drug-likeness (QED) is 0.207. The number of fused-ring (bicyclic) bond motifs is 4. The summed E-state index contributed by atoms with van der Waals surface area (Å²) in [6.07, 6.45) is -0.474. The first-order valence-corrected chi connectivity index (χ1v) is 13.7. The largest absolute Gasteiger partial charge is 0.356 e. The lowest BCUT2D eigenvalue weighted by molar-refractivity contribution is 0.146. The molecule has 3 unspecified atom stereocenters. The minimum absolute atomic E-state index is 0.130. The molecule has 0 spiro atoms. The van der Waals surface area contributed by atoms with Crippen molar-refractivity contribution in [3.63, 3.8) is 0 Å². The number of halogens is 4. The maximum absolute atomic E-state index is 15.3. The zero-order valence-electron chi connectivity index (χ0n) is 21.9. The van der Waals surface area contributed by atoms with E-state index in [1.807, 2.05) is 25.1 Å². The third-order valence-electron chi connectivity index (χ3n) is 8.44. The Balaban J connectivity index is 1.15. The summed E-state index contributed by atoms with van der Waals surface area (Å²) in [6.45, 7) is 1.85. The minimum atomic E-state index is -2.77. The Kier molecular flexibility index (Phi) is 5.40. The normalized spacial score (nSPS) is 20.9. The lowest BCUT2D eigenvalue weighted by Crippen LogP contribution is -2.29. The first-order chi connectivity index (χ1) is 20.3.